The number of pyridine rings is 1. The highest BCUT2D eigenvalue weighted by molar-refractivity contribution is 5.94. The van der Waals surface area contributed by atoms with Gasteiger partial charge in [0.1, 0.15) is 5.82 Å². The molecular formula is C12H20N4O. The number of nitrogen functional groups attached to an aromatic ring is 1. The van der Waals surface area contributed by atoms with E-state index in [1.165, 1.54) is 6.20 Å². The first-order valence-corrected chi connectivity index (χ1v) is 5.63. The minimum atomic E-state index is -0.165. The first-order valence-electron chi connectivity index (χ1n) is 5.63. The number of hydrazine groups is 1. The Bertz CT molecular complexity index is 386. The van der Waals surface area contributed by atoms with Gasteiger partial charge in [0.15, 0.2) is 0 Å². The van der Waals surface area contributed by atoms with E-state index in [9.17, 15) is 4.79 Å². The van der Waals surface area contributed by atoms with Gasteiger partial charge in [0.2, 0.25) is 0 Å². The van der Waals surface area contributed by atoms with Crippen LogP contribution in [0.15, 0.2) is 18.3 Å². The third-order valence-electron chi connectivity index (χ3n) is 3.24. The van der Waals surface area contributed by atoms with Crippen LogP contribution in [0.5, 0.6) is 0 Å². The minimum Gasteiger partial charge on any atom is -0.337 e. The fraction of sp³-hybridized carbons (Fsp3) is 0.500. The molecule has 0 aliphatic carbocycles. The van der Waals surface area contributed by atoms with Gasteiger partial charge in [-0.2, -0.15) is 0 Å². The van der Waals surface area contributed by atoms with E-state index in [0.717, 1.165) is 6.42 Å². The topological polar surface area (TPSA) is 71.2 Å². The summed E-state index contributed by atoms with van der Waals surface area (Å²) in [5, 5.41) is 0. The Morgan fingerprint density at radius 3 is 2.59 bits per heavy atom. The Kier molecular flexibility index (Phi) is 4.07. The van der Waals surface area contributed by atoms with Gasteiger partial charge in [0.05, 0.1) is 5.56 Å². The van der Waals surface area contributed by atoms with Crippen LogP contribution in [0, 0.1) is 0 Å². The predicted octanol–water partition coefficient (Wildman–Crippen LogP) is 1.63. The minimum absolute atomic E-state index is 0.0343. The molecule has 1 aromatic rings. The molecule has 1 heterocycles. The van der Waals surface area contributed by atoms with E-state index in [1.807, 2.05) is 13.8 Å². The van der Waals surface area contributed by atoms with Gasteiger partial charge in [-0.05, 0) is 32.4 Å². The quantitative estimate of drug-likeness (QED) is 0.615. The normalized spacial score (nSPS) is 11.1. The number of aromatic nitrogens is 1. The molecule has 17 heavy (non-hydrogen) atoms. The lowest BCUT2D eigenvalue weighted by Gasteiger charge is -2.34. The van der Waals surface area contributed by atoms with Crippen molar-refractivity contribution >= 4 is 11.7 Å². The maximum absolute atomic E-state index is 12.2. The van der Waals surface area contributed by atoms with Gasteiger partial charge in [-0.25, -0.2) is 10.8 Å². The third kappa shape index (κ3) is 2.94. The zero-order chi connectivity index (χ0) is 13.1. The summed E-state index contributed by atoms with van der Waals surface area (Å²) in [5.74, 6) is 5.73. The van der Waals surface area contributed by atoms with Gasteiger partial charge in [-0.3, -0.25) is 4.79 Å². The fourth-order valence-corrected chi connectivity index (χ4v) is 1.31. The second kappa shape index (κ2) is 5.14. The molecule has 5 nitrogen and oxygen atoms in total. The summed E-state index contributed by atoms with van der Waals surface area (Å²) in [7, 11) is 1.81. The number of hydrogen-bond acceptors (Lipinski definition) is 4. The molecule has 0 saturated heterocycles. The molecule has 0 fully saturated rings. The molecule has 0 radical (unpaired) electrons. The molecule has 0 unspecified atom stereocenters. The van der Waals surface area contributed by atoms with Crippen molar-refractivity contribution in [3.63, 3.8) is 0 Å². The van der Waals surface area contributed by atoms with Crippen molar-refractivity contribution in [3.8, 4) is 0 Å². The van der Waals surface area contributed by atoms with Gasteiger partial charge >= 0.3 is 0 Å². The number of nitrogens with two attached hydrogens (primary N) is 1. The summed E-state index contributed by atoms with van der Waals surface area (Å²) < 4.78 is 0. The van der Waals surface area contributed by atoms with Gasteiger partial charge in [0.25, 0.3) is 5.91 Å². The second-order valence-electron chi connectivity index (χ2n) is 4.61. The molecule has 1 aromatic heterocycles. The van der Waals surface area contributed by atoms with Gasteiger partial charge < -0.3 is 10.3 Å². The van der Waals surface area contributed by atoms with Crippen molar-refractivity contribution in [3.05, 3.63) is 23.9 Å². The van der Waals surface area contributed by atoms with Gasteiger partial charge in [-0.15, -0.1) is 0 Å². The lowest BCUT2D eigenvalue weighted by Crippen LogP contribution is -2.44. The molecule has 0 bridgehead atoms. The zero-order valence-corrected chi connectivity index (χ0v) is 10.8. The van der Waals surface area contributed by atoms with Gasteiger partial charge in [-0.1, -0.05) is 6.92 Å². The zero-order valence-electron chi connectivity index (χ0n) is 10.8. The first-order chi connectivity index (χ1) is 7.92. The number of carbonyl (C=O) groups excluding carboxylic acids is 1. The second-order valence-corrected chi connectivity index (χ2v) is 4.61. The van der Waals surface area contributed by atoms with Crippen LogP contribution < -0.4 is 11.3 Å². The number of hydrogen-bond donors (Lipinski definition) is 2. The molecule has 0 aliphatic rings. The monoisotopic (exact) mass is 236 g/mol. The number of carbonyl (C=O) groups is 1. The van der Waals surface area contributed by atoms with Crippen molar-refractivity contribution in [1.29, 1.82) is 0 Å². The summed E-state index contributed by atoms with van der Waals surface area (Å²) in [5.41, 5.74) is 2.83. The number of anilines is 1. The highest BCUT2D eigenvalue weighted by atomic mass is 16.2. The molecular weight excluding hydrogens is 216 g/mol. The maximum Gasteiger partial charge on any atom is 0.255 e. The smallest absolute Gasteiger partial charge is 0.255 e. The van der Waals surface area contributed by atoms with Crippen molar-refractivity contribution in [2.75, 3.05) is 12.5 Å². The van der Waals surface area contributed by atoms with Crippen molar-refractivity contribution < 1.29 is 4.79 Å². The van der Waals surface area contributed by atoms with Crippen LogP contribution in [0.25, 0.3) is 0 Å². The van der Waals surface area contributed by atoms with Crippen LogP contribution in [-0.2, 0) is 0 Å². The molecule has 0 saturated carbocycles. The summed E-state index contributed by atoms with van der Waals surface area (Å²) in [6.07, 6.45) is 2.42. The fourth-order valence-electron chi connectivity index (χ4n) is 1.31. The number of nitrogens with zero attached hydrogens (tertiary/aromatic N) is 2. The van der Waals surface area contributed by atoms with E-state index in [4.69, 9.17) is 5.84 Å². The number of rotatable bonds is 4. The molecule has 0 aromatic carbocycles. The Hall–Kier alpha value is -1.62. The molecule has 94 valence electrons. The Morgan fingerprint density at radius 1 is 1.53 bits per heavy atom. The molecule has 0 atom stereocenters. The average molecular weight is 236 g/mol. The van der Waals surface area contributed by atoms with E-state index in [1.54, 1.807) is 24.1 Å². The summed E-state index contributed by atoms with van der Waals surface area (Å²) >= 11 is 0. The van der Waals surface area contributed by atoms with E-state index in [0.29, 0.717) is 11.4 Å². The number of amides is 1. The Labute approximate surface area is 102 Å². The van der Waals surface area contributed by atoms with E-state index in [2.05, 4.69) is 17.3 Å². The van der Waals surface area contributed by atoms with Crippen LogP contribution in [0.1, 0.15) is 37.6 Å². The largest absolute Gasteiger partial charge is 0.337 e. The molecule has 1 rings (SSSR count). The van der Waals surface area contributed by atoms with E-state index in [-0.39, 0.29) is 11.4 Å². The highest BCUT2D eigenvalue weighted by Crippen LogP contribution is 2.19. The molecule has 0 spiro atoms. The van der Waals surface area contributed by atoms with E-state index < -0.39 is 0 Å². The first kappa shape index (κ1) is 13.4. The van der Waals surface area contributed by atoms with Crippen LogP contribution >= 0.6 is 0 Å². The Morgan fingerprint density at radius 2 is 2.18 bits per heavy atom. The lowest BCUT2D eigenvalue weighted by molar-refractivity contribution is 0.0620. The van der Waals surface area contributed by atoms with Crippen LogP contribution in [-0.4, -0.2) is 28.4 Å². The average Bonchev–Trinajstić information content (AvgIpc) is 2.37. The number of nitrogens with one attached hydrogen (secondary N) is 1. The SMILES string of the molecule is CCC(C)(C)N(C)C(=O)c1ccc(NN)nc1. The maximum atomic E-state index is 12.2. The molecule has 5 heteroatoms. The van der Waals surface area contributed by atoms with Crippen molar-refractivity contribution in [1.82, 2.24) is 9.88 Å². The summed E-state index contributed by atoms with van der Waals surface area (Å²) in [4.78, 5) is 17.9. The van der Waals surface area contributed by atoms with Gasteiger partial charge in [0, 0.05) is 18.8 Å². The summed E-state index contributed by atoms with van der Waals surface area (Å²) in [6.45, 7) is 6.13. The lowest BCUT2D eigenvalue weighted by atomic mass is 9.99. The molecule has 1 amide bonds. The van der Waals surface area contributed by atoms with Crippen LogP contribution in [0.2, 0.25) is 0 Å². The van der Waals surface area contributed by atoms with Crippen LogP contribution in [0.4, 0.5) is 5.82 Å². The third-order valence-corrected chi connectivity index (χ3v) is 3.24. The van der Waals surface area contributed by atoms with E-state index >= 15 is 0 Å². The highest BCUT2D eigenvalue weighted by Gasteiger charge is 2.26. The van der Waals surface area contributed by atoms with Crippen LogP contribution in [0.3, 0.4) is 0 Å². The Balaban J connectivity index is 2.89. The molecule has 3 N–H and O–H groups in total. The predicted molar refractivity (Wildman–Crippen MR) is 68.5 cm³/mol. The molecule has 0 aliphatic heterocycles. The van der Waals surface area contributed by atoms with Crippen molar-refractivity contribution in [2.24, 2.45) is 5.84 Å². The van der Waals surface area contributed by atoms with Crippen molar-refractivity contribution in [2.45, 2.75) is 32.7 Å². The summed E-state index contributed by atoms with van der Waals surface area (Å²) in [6, 6.07) is 3.40. The standard InChI is InChI=1S/C12H20N4O/c1-5-12(2,3)16(4)11(17)9-6-7-10(15-13)14-8-9/h6-8H,5,13H2,1-4H3,(H,14,15).